The van der Waals surface area contributed by atoms with Gasteiger partial charge in [0.2, 0.25) is 0 Å². The van der Waals surface area contributed by atoms with E-state index in [0.29, 0.717) is 5.92 Å². The van der Waals surface area contributed by atoms with Crippen LogP contribution in [0.4, 0.5) is 4.79 Å². The molecule has 2 amide bonds. The first-order valence-electron chi connectivity index (χ1n) is 6.76. The Morgan fingerprint density at radius 3 is 3.11 bits per heavy atom. The van der Waals surface area contributed by atoms with Gasteiger partial charge in [0.05, 0.1) is 12.3 Å². The smallest absolute Gasteiger partial charge is 0.318 e. The Morgan fingerprint density at radius 2 is 2.44 bits per heavy atom. The lowest BCUT2D eigenvalue weighted by Gasteiger charge is -2.23. The highest BCUT2D eigenvalue weighted by Gasteiger charge is 2.31. The number of carbonyl (C=O) groups excluding carboxylic acids is 1. The fraction of sp³-hybridized carbons (Fsp3) is 0.643. The average molecular weight is 250 g/mol. The number of nitrogens with zero attached hydrogens (tertiary/aromatic N) is 1. The molecule has 0 radical (unpaired) electrons. The van der Waals surface area contributed by atoms with E-state index in [2.05, 4.69) is 19.2 Å². The summed E-state index contributed by atoms with van der Waals surface area (Å²) in [4.78, 5) is 14.0. The number of likely N-dealkylation sites (tertiary alicyclic amines) is 1. The minimum Gasteiger partial charge on any atom is -0.467 e. The highest BCUT2D eigenvalue weighted by Crippen LogP contribution is 2.31. The highest BCUT2D eigenvalue weighted by atomic mass is 16.3. The molecule has 2 rings (SSSR count). The quantitative estimate of drug-likeness (QED) is 0.892. The normalized spacial score (nSPS) is 19.5. The fourth-order valence-corrected chi connectivity index (χ4v) is 2.36. The molecule has 100 valence electrons. The van der Waals surface area contributed by atoms with E-state index in [1.54, 1.807) is 6.26 Å². The summed E-state index contributed by atoms with van der Waals surface area (Å²) in [5.74, 6) is 1.51. The molecule has 0 saturated carbocycles. The zero-order chi connectivity index (χ0) is 13.0. The van der Waals surface area contributed by atoms with Gasteiger partial charge in [-0.25, -0.2) is 4.79 Å². The van der Waals surface area contributed by atoms with Crippen molar-refractivity contribution in [3.05, 3.63) is 24.2 Å². The molecule has 2 heterocycles. The summed E-state index contributed by atoms with van der Waals surface area (Å²) in [6, 6.07) is 3.97. The van der Waals surface area contributed by atoms with Crippen LogP contribution < -0.4 is 5.32 Å². The molecule has 1 aromatic heterocycles. The number of rotatable bonds is 4. The van der Waals surface area contributed by atoms with Crippen LogP contribution >= 0.6 is 0 Å². The van der Waals surface area contributed by atoms with E-state index in [0.717, 1.165) is 38.1 Å². The van der Waals surface area contributed by atoms with Crippen molar-refractivity contribution < 1.29 is 9.21 Å². The van der Waals surface area contributed by atoms with E-state index < -0.39 is 0 Å². The minimum absolute atomic E-state index is 0.0366. The van der Waals surface area contributed by atoms with E-state index in [-0.39, 0.29) is 12.1 Å². The van der Waals surface area contributed by atoms with Gasteiger partial charge in [-0.05, 0) is 37.3 Å². The third kappa shape index (κ3) is 3.06. The van der Waals surface area contributed by atoms with Crippen molar-refractivity contribution in [3.63, 3.8) is 0 Å². The van der Waals surface area contributed by atoms with E-state index in [9.17, 15) is 4.79 Å². The van der Waals surface area contributed by atoms with Gasteiger partial charge in [0.1, 0.15) is 5.76 Å². The second-order valence-corrected chi connectivity index (χ2v) is 5.28. The standard InChI is InChI=1S/C14H22N2O2/c1-11(2)7-8-15-14(17)16-9-3-5-12(16)13-6-4-10-18-13/h4,6,10-12H,3,5,7-9H2,1-2H3,(H,15,17). The first-order valence-corrected chi connectivity index (χ1v) is 6.76. The van der Waals surface area contributed by atoms with Gasteiger partial charge in [0.25, 0.3) is 0 Å². The molecule has 4 heteroatoms. The topological polar surface area (TPSA) is 45.5 Å². The minimum atomic E-state index is 0.0366. The monoisotopic (exact) mass is 250 g/mol. The summed E-state index contributed by atoms with van der Waals surface area (Å²) < 4.78 is 5.42. The van der Waals surface area contributed by atoms with Gasteiger partial charge >= 0.3 is 6.03 Å². The van der Waals surface area contributed by atoms with Crippen LogP contribution in [0.1, 0.15) is 44.9 Å². The molecule has 0 aliphatic carbocycles. The zero-order valence-corrected chi connectivity index (χ0v) is 11.2. The van der Waals surface area contributed by atoms with Crippen molar-refractivity contribution in [2.75, 3.05) is 13.1 Å². The molecule has 0 spiro atoms. The fourth-order valence-electron chi connectivity index (χ4n) is 2.36. The first-order chi connectivity index (χ1) is 8.68. The van der Waals surface area contributed by atoms with Gasteiger partial charge in [-0.3, -0.25) is 0 Å². The summed E-state index contributed by atoms with van der Waals surface area (Å²) >= 11 is 0. The number of carbonyl (C=O) groups is 1. The van der Waals surface area contributed by atoms with Crippen LogP contribution in [0.3, 0.4) is 0 Å². The Hall–Kier alpha value is -1.45. The molecule has 0 aromatic carbocycles. The Balaban J connectivity index is 1.89. The van der Waals surface area contributed by atoms with Crippen molar-refractivity contribution in [1.29, 1.82) is 0 Å². The lowest BCUT2D eigenvalue weighted by molar-refractivity contribution is 0.185. The maximum Gasteiger partial charge on any atom is 0.318 e. The Morgan fingerprint density at radius 1 is 1.61 bits per heavy atom. The maximum absolute atomic E-state index is 12.1. The largest absolute Gasteiger partial charge is 0.467 e. The summed E-state index contributed by atoms with van der Waals surface area (Å²) in [7, 11) is 0. The molecule has 1 atom stereocenters. The number of urea groups is 1. The molecule has 1 aliphatic heterocycles. The molecule has 1 N–H and O–H groups in total. The van der Waals surface area contributed by atoms with E-state index in [1.807, 2.05) is 17.0 Å². The van der Waals surface area contributed by atoms with Crippen LogP contribution in [0.25, 0.3) is 0 Å². The van der Waals surface area contributed by atoms with Gasteiger partial charge in [0.15, 0.2) is 0 Å². The molecule has 1 aliphatic rings. The van der Waals surface area contributed by atoms with Gasteiger partial charge in [-0.15, -0.1) is 0 Å². The molecule has 1 unspecified atom stereocenters. The lowest BCUT2D eigenvalue weighted by atomic mass is 10.1. The number of hydrogen-bond acceptors (Lipinski definition) is 2. The van der Waals surface area contributed by atoms with Crippen molar-refractivity contribution in [3.8, 4) is 0 Å². The SMILES string of the molecule is CC(C)CCNC(=O)N1CCCC1c1ccco1. The van der Waals surface area contributed by atoms with Gasteiger partial charge < -0.3 is 14.6 Å². The van der Waals surface area contributed by atoms with Crippen LogP contribution in [0, 0.1) is 5.92 Å². The maximum atomic E-state index is 12.1. The number of furan rings is 1. The van der Waals surface area contributed by atoms with Gasteiger partial charge in [-0.1, -0.05) is 13.8 Å². The van der Waals surface area contributed by atoms with Crippen molar-refractivity contribution >= 4 is 6.03 Å². The number of amides is 2. The molecule has 1 saturated heterocycles. The van der Waals surface area contributed by atoms with E-state index >= 15 is 0 Å². The number of hydrogen-bond donors (Lipinski definition) is 1. The first kappa shape index (κ1) is 13.0. The third-order valence-corrected chi connectivity index (χ3v) is 3.38. The number of nitrogens with one attached hydrogen (secondary N) is 1. The summed E-state index contributed by atoms with van der Waals surface area (Å²) in [5, 5.41) is 2.99. The Labute approximate surface area is 108 Å². The molecule has 18 heavy (non-hydrogen) atoms. The summed E-state index contributed by atoms with van der Waals surface area (Å²) in [5.41, 5.74) is 0. The van der Waals surface area contributed by atoms with Gasteiger partial charge in [0, 0.05) is 13.1 Å². The van der Waals surface area contributed by atoms with Crippen molar-refractivity contribution in [2.24, 2.45) is 5.92 Å². The van der Waals surface area contributed by atoms with Crippen LogP contribution in [0.15, 0.2) is 22.8 Å². The molecule has 0 bridgehead atoms. The lowest BCUT2D eigenvalue weighted by Crippen LogP contribution is -2.40. The second kappa shape index (κ2) is 5.94. The zero-order valence-electron chi connectivity index (χ0n) is 11.2. The second-order valence-electron chi connectivity index (χ2n) is 5.28. The van der Waals surface area contributed by atoms with E-state index in [4.69, 9.17) is 4.42 Å². The highest BCUT2D eigenvalue weighted by molar-refractivity contribution is 5.74. The predicted molar refractivity (Wildman–Crippen MR) is 70.2 cm³/mol. The molecule has 1 aromatic rings. The van der Waals surface area contributed by atoms with Crippen LogP contribution in [0.2, 0.25) is 0 Å². The summed E-state index contributed by atoms with van der Waals surface area (Å²) in [6.45, 7) is 5.89. The molecular formula is C14H22N2O2. The van der Waals surface area contributed by atoms with Gasteiger partial charge in [-0.2, -0.15) is 0 Å². The Bertz CT molecular complexity index is 373. The van der Waals surface area contributed by atoms with Crippen molar-refractivity contribution in [2.45, 2.75) is 39.2 Å². The average Bonchev–Trinajstić information content (AvgIpc) is 2.99. The summed E-state index contributed by atoms with van der Waals surface area (Å²) in [6.07, 6.45) is 4.72. The third-order valence-electron chi connectivity index (χ3n) is 3.38. The van der Waals surface area contributed by atoms with Crippen LogP contribution in [-0.2, 0) is 0 Å². The van der Waals surface area contributed by atoms with Crippen LogP contribution in [-0.4, -0.2) is 24.0 Å². The Kier molecular flexibility index (Phi) is 4.28. The predicted octanol–water partition coefficient (Wildman–Crippen LogP) is 3.17. The molecule has 4 nitrogen and oxygen atoms in total. The molecular weight excluding hydrogens is 228 g/mol. The molecule has 1 fully saturated rings. The van der Waals surface area contributed by atoms with E-state index in [1.165, 1.54) is 0 Å². The van der Waals surface area contributed by atoms with Crippen molar-refractivity contribution in [1.82, 2.24) is 10.2 Å². The van der Waals surface area contributed by atoms with Crippen LogP contribution in [0.5, 0.6) is 0 Å².